The van der Waals surface area contributed by atoms with Crippen molar-refractivity contribution in [1.82, 2.24) is 0 Å². The molecule has 189 valence electrons. The standard InChI is InChI=1S/3C10H13.C3H8O.Zr/c3*1-10(2,3)9-7-5-4-6-8-9;1-2-3-4;/h3*4-8H,1H2,2-3H3;4H,2-3H2,1H3;/q3*-1;;+3. The average Bonchev–Trinajstić information content (AvgIpc) is 2.80. The molecule has 0 spiro atoms. The number of hydrogen-bond acceptors (Lipinski definition) is 1. The molecule has 1 radical (unpaired) electrons. The summed E-state index contributed by atoms with van der Waals surface area (Å²) >= 11 is 0. The molecule has 3 rings (SSSR count). The van der Waals surface area contributed by atoms with Gasteiger partial charge in [-0.2, -0.15) is 0 Å². The molecule has 0 amide bonds. The average molecular weight is 551 g/mol. The van der Waals surface area contributed by atoms with Crippen molar-refractivity contribution in [3.8, 4) is 0 Å². The van der Waals surface area contributed by atoms with E-state index in [0.717, 1.165) is 6.42 Å². The smallest absolute Gasteiger partial charge is 0.396 e. The third-order valence-corrected chi connectivity index (χ3v) is 4.89. The zero-order valence-corrected chi connectivity index (χ0v) is 25.6. The topological polar surface area (TPSA) is 20.2 Å². The normalized spacial score (nSPS) is 10.7. The Hall–Kier alpha value is -1.50. The third kappa shape index (κ3) is 17.6. The number of benzene rings is 3. The molecule has 35 heavy (non-hydrogen) atoms. The van der Waals surface area contributed by atoms with Crippen molar-refractivity contribution in [2.24, 2.45) is 0 Å². The van der Waals surface area contributed by atoms with Crippen molar-refractivity contribution in [2.75, 3.05) is 6.61 Å². The van der Waals surface area contributed by atoms with E-state index >= 15 is 0 Å². The van der Waals surface area contributed by atoms with E-state index in [1.54, 1.807) is 0 Å². The van der Waals surface area contributed by atoms with Gasteiger partial charge in [0.2, 0.25) is 0 Å². The SMILES string of the molecule is CCCO.[CH2-]C(C)(C)c1ccccc1.[CH2-]C(C)(C)c1ccccc1.[CH2-]C(C)(C)c1ccccc1.[Zr+3]. The fraction of sp³-hybridized carbons (Fsp3) is 0.364. The van der Waals surface area contributed by atoms with E-state index in [0.29, 0.717) is 6.61 Å². The second-order valence-corrected chi connectivity index (χ2v) is 10.5. The van der Waals surface area contributed by atoms with E-state index in [2.05, 4.69) is 98.7 Å². The molecule has 0 aliphatic heterocycles. The van der Waals surface area contributed by atoms with Crippen molar-refractivity contribution >= 4 is 0 Å². The van der Waals surface area contributed by atoms with E-state index in [4.69, 9.17) is 5.11 Å². The van der Waals surface area contributed by atoms with E-state index in [1.807, 2.05) is 61.5 Å². The summed E-state index contributed by atoms with van der Waals surface area (Å²) in [5, 5.41) is 7.88. The molecular formula is C33H47OZr. The van der Waals surface area contributed by atoms with Crippen LogP contribution in [0.4, 0.5) is 0 Å². The van der Waals surface area contributed by atoms with E-state index < -0.39 is 0 Å². The molecule has 0 aliphatic rings. The van der Waals surface area contributed by atoms with Crippen LogP contribution in [0.15, 0.2) is 91.0 Å². The van der Waals surface area contributed by atoms with Crippen molar-refractivity contribution < 1.29 is 31.3 Å². The molecule has 2 heteroatoms. The summed E-state index contributed by atoms with van der Waals surface area (Å²) in [7, 11) is 0. The Kier molecular flexibility index (Phi) is 18.2. The summed E-state index contributed by atoms with van der Waals surface area (Å²) in [5.41, 5.74) is 3.99. The van der Waals surface area contributed by atoms with E-state index in [9.17, 15) is 0 Å². The fourth-order valence-corrected chi connectivity index (χ4v) is 2.67. The Morgan fingerprint density at radius 2 is 0.686 bits per heavy atom. The first kappa shape index (κ1) is 35.7. The molecule has 0 heterocycles. The van der Waals surface area contributed by atoms with Crippen LogP contribution >= 0.6 is 0 Å². The Bertz CT molecular complexity index is 733. The molecule has 0 atom stereocenters. The molecule has 0 fully saturated rings. The van der Waals surface area contributed by atoms with Crippen LogP contribution in [0, 0.1) is 20.8 Å². The van der Waals surface area contributed by atoms with Gasteiger partial charge in [0.1, 0.15) is 0 Å². The van der Waals surface area contributed by atoms with Gasteiger partial charge < -0.3 is 25.9 Å². The van der Waals surface area contributed by atoms with Crippen LogP contribution in [0.25, 0.3) is 0 Å². The molecule has 0 aromatic heterocycles. The number of aliphatic hydroxyl groups is 1. The van der Waals surface area contributed by atoms with Gasteiger partial charge in [0, 0.05) is 6.61 Å². The molecule has 0 saturated heterocycles. The fourth-order valence-electron chi connectivity index (χ4n) is 2.67. The number of rotatable bonds is 4. The molecule has 0 unspecified atom stereocenters. The van der Waals surface area contributed by atoms with Crippen LogP contribution in [0.5, 0.6) is 0 Å². The van der Waals surface area contributed by atoms with Crippen molar-refractivity contribution in [3.63, 3.8) is 0 Å². The maximum Gasteiger partial charge on any atom is 3.00 e. The summed E-state index contributed by atoms with van der Waals surface area (Å²) in [6.45, 7) is 27.1. The maximum atomic E-state index is 7.88. The first-order chi connectivity index (χ1) is 15.7. The van der Waals surface area contributed by atoms with Gasteiger partial charge in [-0.3, -0.25) is 0 Å². The molecule has 3 aromatic rings. The van der Waals surface area contributed by atoms with Gasteiger partial charge in [-0.05, 0) is 6.42 Å². The van der Waals surface area contributed by atoms with Gasteiger partial charge in [-0.1, -0.05) is 156 Å². The molecular weight excluding hydrogens is 504 g/mol. The molecule has 3 aromatic carbocycles. The van der Waals surface area contributed by atoms with Crippen molar-refractivity contribution in [3.05, 3.63) is 128 Å². The van der Waals surface area contributed by atoms with Crippen LogP contribution in [-0.2, 0) is 42.4 Å². The quantitative estimate of drug-likeness (QED) is 0.322. The van der Waals surface area contributed by atoms with Gasteiger partial charge in [0.05, 0.1) is 0 Å². The Labute approximate surface area is 236 Å². The Morgan fingerprint density at radius 1 is 0.514 bits per heavy atom. The number of aliphatic hydroxyl groups excluding tert-OH is 1. The molecule has 1 nitrogen and oxygen atoms in total. The molecule has 0 saturated carbocycles. The van der Waals surface area contributed by atoms with Gasteiger partial charge in [-0.25, -0.2) is 0 Å². The predicted octanol–water partition coefficient (Wildman–Crippen LogP) is 8.78. The van der Waals surface area contributed by atoms with E-state index in [1.165, 1.54) is 16.7 Å². The van der Waals surface area contributed by atoms with Crippen LogP contribution in [0.1, 0.15) is 71.6 Å². The molecule has 1 N–H and O–H groups in total. The minimum Gasteiger partial charge on any atom is -0.396 e. The molecule has 0 bridgehead atoms. The predicted molar refractivity (Wildman–Crippen MR) is 152 cm³/mol. The number of hydrogen-bond donors (Lipinski definition) is 1. The summed E-state index contributed by atoms with van der Waals surface area (Å²) in [6.07, 6.45) is 0.875. The second kappa shape index (κ2) is 17.9. The minimum atomic E-state index is 0. The van der Waals surface area contributed by atoms with Crippen LogP contribution in [-0.4, -0.2) is 11.7 Å². The summed E-state index contributed by atoms with van der Waals surface area (Å²) in [4.78, 5) is 0. The van der Waals surface area contributed by atoms with Crippen LogP contribution in [0.2, 0.25) is 0 Å². The largest absolute Gasteiger partial charge is 3.00 e. The van der Waals surface area contributed by atoms with E-state index in [-0.39, 0.29) is 42.4 Å². The van der Waals surface area contributed by atoms with Crippen LogP contribution in [0.3, 0.4) is 0 Å². The summed E-state index contributed by atoms with van der Waals surface area (Å²) in [5.74, 6) is 0. The zero-order valence-electron chi connectivity index (χ0n) is 23.1. The second-order valence-electron chi connectivity index (χ2n) is 10.5. The monoisotopic (exact) mass is 549 g/mol. The van der Waals surface area contributed by atoms with Crippen molar-refractivity contribution in [2.45, 2.75) is 71.1 Å². The van der Waals surface area contributed by atoms with Gasteiger partial charge in [-0.15, -0.1) is 16.2 Å². The maximum absolute atomic E-state index is 7.88. The third-order valence-electron chi connectivity index (χ3n) is 4.89. The molecule has 0 aliphatic carbocycles. The van der Waals surface area contributed by atoms with Gasteiger partial charge in [0.25, 0.3) is 0 Å². The summed E-state index contributed by atoms with van der Waals surface area (Å²) < 4.78 is 0. The first-order valence-electron chi connectivity index (χ1n) is 12.1. The van der Waals surface area contributed by atoms with Crippen LogP contribution < -0.4 is 0 Å². The Balaban J connectivity index is 0. The van der Waals surface area contributed by atoms with Gasteiger partial charge in [0.15, 0.2) is 0 Å². The Morgan fingerprint density at radius 3 is 0.771 bits per heavy atom. The first-order valence-corrected chi connectivity index (χ1v) is 12.1. The van der Waals surface area contributed by atoms with Gasteiger partial charge >= 0.3 is 26.2 Å². The summed E-state index contributed by atoms with van der Waals surface area (Å²) in [6, 6.07) is 31.0. The zero-order chi connectivity index (χ0) is 26.3. The minimum absolute atomic E-state index is 0. The van der Waals surface area contributed by atoms with Crippen molar-refractivity contribution in [1.29, 1.82) is 0 Å².